The molecule has 29 heavy (non-hydrogen) atoms. The second kappa shape index (κ2) is 8.10. The summed E-state index contributed by atoms with van der Waals surface area (Å²) in [5, 5.41) is 6.49. The van der Waals surface area contributed by atoms with Crippen molar-refractivity contribution in [1.29, 1.82) is 0 Å². The number of nitrogens with zero attached hydrogens (tertiary/aromatic N) is 3. The van der Waals surface area contributed by atoms with E-state index in [0.717, 1.165) is 10.6 Å². The molecule has 0 atom stereocenters. The van der Waals surface area contributed by atoms with Gasteiger partial charge in [-0.2, -0.15) is 9.40 Å². The van der Waals surface area contributed by atoms with Crippen molar-refractivity contribution < 1.29 is 17.9 Å². The van der Waals surface area contributed by atoms with E-state index < -0.39 is 10.0 Å². The number of hydrogen-bond acceptors (Lipinski definition) is 6. The molecule has 0 aliphatic carbocycles. The Morgan fingerprint density at radius 2 is 1.86 bits per heavy atom. The highest BCUT2D eigenvalue weighted by Gasteiger charge is 2.35. The first kappa shape index (κ1) is 19.8. The van der Waals surface area contributed by atoms with Crippen molar-refractivity contribution in [3.63, 3.8) is 0 Å². The lowest BCUT2D eigenvalue weighted by Gasteiger charge is -2.29. The first-order chi connectivity index (χ1) is 14.0. The summed E-state index contributed by atoms with van der Waals surface area (Å²) >= 11 is 1.45. The molecule has 9 heteroatoms. The summed E-state index contributed by atoms with van der Waals surface area (Å²) in [6.07, 6.45) is 2.48. The van der Waals surface area contributed by atoms with Gasteiger partial charge in [-0.15, -0.1) is 11.3 Å². The molecule has 4 rings (SSSR count). The molecular formula is C20H21N3O4S2. The minimum absolute atomic E-state index is 0.181. The Labute approximate surface area is 173 Å². The highest BCUT2D eigenvalue weighted by Crippen LogP contribution is 2.33. The van der Waals surface area contributed by atoms with Gasteiger partial charge in [-0.25, -0.2) is 13.1 Å². The van der Waals surface area contributed by atoms with Crippen molar-refractivity contribution in [2.75, 3.05) is 20.2 Å². The fourth-order valence-corrected chi connectivity index (χ4v) is 5.87. The first-order valence-electron chi connectivity index (χ1n) is 9.27. The van der Waals surface area contributed by atoms with Gasteiger partial charge in [0, 0.05) is 13.1 Å². The van der Waals surface area contributed by atoms with Crippen molar-refractivity contribution in [2.24, 2.45) is 5.92 Å². The predicted octanol–water partition coefficient (Wildman–Crippen LogP) is 3.17. The van der Waals surface area contributed by atoms with Crippen LogP contribution >= 0.6 is 11.3 Å². The van der Waals surface area contributed by atoms with E-state index in [1.54, 1.807) is 10.9 Å². The van der Waals surface area contributed by atoms with Gasteiger partial charge >= 0.3 is 5.97 Å². The number of thiophene rings is 1. The number of sulfonamides is 1. The van der Waals surface area contributed by atoms with Crippen LogP contribution in [-0.4, -0.2) is 48.7 Å². The lowest BCUT2D eigenvalue weighted by Crippen LogP contribution is -2.40. The molecule has 3 aromatic rings. The minimum Gasteiger partial charge on any atom is -0.469 e. The molecule has 1 saturated heterocycles. The number of benzene rings is 1. The van der Waals surface area contributed by atoms with Crippen LogP contribution in [0.4, 0.5) is 0 Å². The minimum atomic E-state index is -3.76. The molecule has 0 N–H and O–H groups in total. The van der Waals surface area contributed by atoms with Gasteiger partial charge in [0.15, 0.2) is 0 Å². The first-order valence-corrected chi connectivity index (χ1v) is 11.6. The van der Waals surface area contributed by atoms with E-state index in [2.05, 4.69) is 5.10 Å². The van der Waals surface area contributed by atoms with Gasteiger partial charge in [0.05, 0.1) is 29.8 Å². The third-order valence-corrected chi connectivity index (χ3v) is 7.84. The van der Waals surface area contributed by atoms with E-state index in [1.807, 2.05) is 47.8 Å². The molecule has 0 amide bonds. The summed E-state index contributed by atoms with van der Waals surface area (Å²) in [6.45, 7) is 0.561. The van der Waals surface area contributed by atoms with Crippen molar-refractivity contribution in [3.05, 3.63) is 54.0 Å². The van der Waals surface area contributed by atoms with Crippen molar-refractivity contribution in [1.82, 2.24) is 14.1 Å². The van der Waals surface area contributed by atoms with Crippen LogP contribution in [0.25, 0.3) is 16.3 Å². The van der Waals surface area contributed by atoms with Gasteiger partial charge in [0.1, 0.15) is 10.6 Å². The molecule has 0 spiro atoms. The molecule has 2 aromatic heterocycles. The van der Waals surface area contributed by atoms with Crippen LogP contribution in [0.15, 0.2) is 58.9 Å². The number of methoxy groups -OCH3 is 1. The summed E-state index contributed by atoms with van der Waals surface area (Å²) in [5.41, 5.74) is 1.23. The largest absolute Gasteiger partial charge is 0.469 e. The topological polar surface area (TPSA) is 81.5 Å². The number of hydrogen-bond donors (Lipinski definition) is 0. The quantitative estimate of drug-likeness (QED) is 0.580. The van der Waals surface area contributed by atoms with Crippen LogP contribution in [-0.2, 0) is 19.6 Å². The zero-order chi connectivity index (χ0) is 20.4. The molecule has 0 unspecified atom stereocenters. The summed E-state index contributed by atoms with van der Waals surface area (Å²) in [7, 11) is -2.40. The van der Waals surface area contributed by atoms with Gasteiger partial charge in [0.2, 0.25) is 10.0 Å². The Morgan fingerprint density at radius 1 is 1.14 bits per heavy atom. The molecule has 1 aliphatic rings. The van der Waals surface area contributed by atoms with E-state index >= 15 is 0 Å². The average Bonchev–Trinajstić information content (AvgIpc) is 3.44. The van der Waals surface area contributed by atoms with Crippen LogP contribution in [0.1, 0.15) is 12.8 Å². The predicted molar refractivity (Wildman–Crippen MR) is 110 cm³/mol. The van der Waals surface area contributed by atoms with Crippen LogP contribution < -0.4 is 0 Å². The smallest absolute Gasteiger partial charge is 0.308 e. The third kappa shape index (κ3) is 3.85. The van der Waals surface area contributed by atoms with E-state index in [9.17, 15) is 13.2 Å². The molecule has 0 bridgehead atoms. The number of ether oxygens (including phenoxy) is 1. The second-order valence-electron chi connectivity index (χ2n) is 6.80. The molecule has 3 heterocycles. The number of aromatic nitrogens is 2. The SMILES string of the molecule is COC(=O)C1CCN(S(=O)(=O)c2cn(-c3ccccc3)nc2-c2cccs2)CC1. The number of piperidine rings is 1. The lowest BCUT2D eigenvalue weighted by molar-refractivity contribution is -0.146. The Bertz CT molecular complexity index is 1080. The van der Waals surface area contributed by atoms with Gasteiger partial charge < -0.3 is 4.74 Å². The molecule has 7 nitrogen and oxygen atoms in total. The monoisotopic (exact) mass is 431 g/mol. The summed E-state index contributed by atoms with van der Waals surface area (Å²) in [5.74, 6) is -0.534. The number of esters is 1. The van der Waals surface area contributed by atoms with Crippen LogP contribution in [0.3, 0.4) is 0 Å². The van der Waals surface area contributed by atoms with Crippen LogP contribution in [0, 0.1) is 5.92 Å². The highest BCUT2D eigenvalue weighted by atomic mass is 32.2. The maximum absolute atomic E-state index is 13.5. The molecule has 152 valence electrons. The summed E-state index contributed by atoms with van der Waals surface area (Å²) < 4.78 is 34.7. The molecule has 1 aromatic carbocycles. The van der Waals surface area contributed by atoms with Gasteiger partial charge in [-0.05, 0) is 36.4 Å². The van der Waals surface area contributed by atoms with Gasteiger partial charge in [0.25, 0.3) is 0 Å². The normalized spacial score (nSPS) is 16.0. The van der Waals surface area contributed by atoms with E-state index in [4.69, 9.17) is 4.74 Å². The van der Waals surface area contributed by atoms with E-state index in [-0.39, 0.29) is 29.9 Å². The van der Waals surface area contributed by atoms with Gasteiger partial charge in [-0.3, -0.25) is 4.79 Å². The maximum atomic E-state index is 13.5. The molecule has 1 fully saturated rings. The lowest BCUT2D eigenvalue weighted by atomic mass is 9.99. The Kier molecular flexibility index (Phi) is 5.53. The van der Waals surface area contributed by atoms with E-state index in [1.165, 1.54) is 22.8 Å². The second-order valence-corrected chi connectivity index (χ2v) is 9.65. The number of rotatable bonds is 5. The standard InChI is InChI=1S/C20H21N3O4S2/c1-27-20(24)15-9-11-22(12-10-15)29(25,26)18-14-23(16-6-3-2-4-7-16)21-19(18)17-8-5-13-28-17/h2-8,13-15H,9-12H2,1H3. The van der Waals surface area contributed by atoms with Crippen molar-refractivity contribution in [2.45, 2.75) is 17.7 Å². The van der Waals surface area contributed by atoms with E-state index in [0.29, 0.717) is 18.5 Å². The molecule has 0 saturated carbocycles. The number of carbonyl (C=O) groups excluding carboxylic acids is 1. The zero-order valence-corrected chi connectivity index (χ0v) is 17.5. The van der Waals surface area contributed by atoms with Crippen LogP contribution in [0.5, 0.6) is 0 Å². The number of para-hydroxylation sites is 1. The Hall–Kier alpha value is -2.49. The number of carbonyl (C=O) groups is 1. The summed E-state index contributed by atoms with van der Waals surface area (Å²) in [4.78, 5) is 12.7. The van der Waals surface area contributed by atoms with Crippen molar-refractivity contribution >= 4 is 27.3 Å². The van der Waals surface area contributed by atoms with Crippen LogP contribution in [0.2, 0.25) is 0 Å². The molecule has 0 radical (unpaired) electrons. The Morgan fingerprint density at radius 3 is 2.48 bits per heavy atom. The zero-order valence-electron chi connectivity index (χ0n) is 15.9. The third-order valence-electron chi connectivity index (χ3n) is 5.06. The molecule has 1 aliphatic heterocycles. The maximum Gasteiger partial charge on any atom is 0.308 e. The fraction of sp³-hybridized carbons (Fsp3) is 0.300. The fourth-order valence-electron chi connectivity index (χ4n) is 3.48. The summed E-state index contributed by atoms with van der Waals surface area (Å²) in [6, 6.07) is 13.2. The molecular weight excluding hydrogens is 410 g/mol. The average molecular weight is 432 g/mol. The van der Waals surface area contributed by atoms with Gasteiger partial charge in [-0.1, -0.05) is 24.3 Å². The van der Waals surface area contributed by atoms with Crippen molar-refractivity contribution in [3.8, 4) is 16.3 Å². The Balaban J connectivity index is 1.70. The highest BCUT2D eigenvalue weighted by molar-refractivity contribution is 7.89.